The maximum atomic E-state index is 6.34. The van der Waals surface area contributed by atoms with E-state index in [-0.39, 0.29) is 0 Å². The maximum Gasteiger partial charge on any atom is 0.0450 e. The maximum absolute atomic E-state index is 6.34. The van der Waals surface area contributed by atoms with Gasteiger partial charge in [0, 0.05) is 47.5 Å². The van der Waals surface area contributed by atoms with E-state index >= 15 is 0 Å². The fourth-order valence-corrected chi connectivity index (χ4v) is 3.88. The van der Waals surface area contributed by atoms with Crippen LogP contribution in [0.15, 0.2) is 36.7 Å². The number of nitrogens with two attached hydrogens (primary N) is 1. The van der Waals surface area contributed by atoms with Gasteiger partial charge < -0.3 is 10.6 Å². The number of aromatic nitrogens is 1. The zero-order valence-electron chi connectivity index (χ0n) is 11.0. The van der Waals surface area contributed by atoms with Crippen molar-refractivity contribution >= 4 is 16.5 Å². The van der Waals surface area contributed by atoms with Gasteiger partial charge in [-0.3, -0.25) is 4.98 Å². The first-order valence-corrected chi connectivity index (χ1v) is 7.18. The number of fused-ring (bicyclic) bond motifs is 4. The van der Waals surface area contributed by atoms with Crippen molar-refractivity contribution in [3.8, 4) is 0 Å². The molecule has 98 valence electrons. The van der Waals surface area contributed by atoms with Crippen molar-refractivity contribution in [2.75, 3.05) is 11.4 Å². The van der Waals surface area contributed by atoms with Crippen LogP contribution in [0, 0.1) is 5.92 Å². The molecule has 1 aliphatic carbocycles. The van der Waals surface area contributed by atoms with Crippen molar-refractivity contribution < 1.29 is 0 Å². The molecule has 3 heteroatoms. The molecule has 3 heterocycles. The first-order chi connectivity index (χ1) is 9.33. The van der Waals surface area contributed by atoms with Crippen LogP contribution < -0.4 is 10.6 Å². The molecular weight excluding hydrogens is 234 g/mol. The molecule has 1 aromatic carbocycles. The zero-order valence-corrected chi connectivity index (χ0v) is 11.0. The topological polar surface area (TPSA) is 42.1 Å². The summed E-state index contributed by atoms with van der Waals surface area (Å²) in [6.07, 6.45) is 7.62. The Morgan fingerprint density at radius 2 is 2.16 bits per heavy atom. The average molecular weight is 253 g/mol. The lowest BCUT2D eigenvalue weighted by Crippen LogP contribution is -2.59. The molecule has 5 rings (SSSR count). The molecule has 3 aliphatic rings. The molecule has 2 aliphatic heterocycles. The molecule has 0 spiro atoms. The van der Waals surface area contributed by atoms with Crippen LogP contribution in [0.4, 0.5) is 5.69 Å². The molecular formula is C16H19N3. The standard InChI is InChI=1S/C16H19N3/c17-14-8-11-4-5-16(14)19(10-11)15-3-1-2-12-9-18-7-6-13(12)15/h1-3,6-7,9,11,14,16H,4-5,8,10,17H2. The van der Waals surface area contributed by atoms with Crippen molar-refractivity contribution in [1.29, 1.82) is 0 Å². The van der Waals surface area contributed by atoms with E-state index in [1.54, 1.807) is 0 Å². The van der Waals surface area contributed by atoms with Crippen LogP contribution >= 0.6 is 0 Å². The second-order valence-electron chi connectivity index (χ2n) is 5.94. The summed E-state index contributed by atoms with van der Waals surface area (Å²) in [6.45, 7) is 1.17. The number of hydrogen-bond acceptors (Lipinski definition) is 3. The highest BCUT2D eigenvalue weighted by Gasteiger charge is 2.39. The summed E-state index contributed by atoms with van der Waals surface area (Å²) < 4.78 is 0. The van der Waals surface area contributed by atoms with Crippen molar-refractivity contribution in [3.63, 3.8) is 0 Å². The second-order valence-corrected chi connectivity index (χ2v) is 5.94. The lowest BCUT2D eigenvalue weighted by molar-refractivity contribution is 0.221. The smallest absolute Gasteiger partial charge is 0.0450 e. The number of benzene rings is 1. The first-order valence-electron chi connectivity index (χ1n) is 7.18. The van der Waals surface area contributed by atoms with E-state index in [4.69, 9.17) is 5.73 Å². The number of pyridine rings is 1. The molecule has 2 N–H and O–H groups in total. The number of hydrogen-bond donors (Lipinski definition) is 1. The normalized spacial score (nSPS) is 29.9. The Morgan fingerprint density at radius 3 is 3.00 bits per heavy atom. The molecule has 1 saturated carbocycles. The number of piperidine rings is 2. The Hall–Kier alpha value is -1.61. The molecule has 3 fully saturated rings. The van der Waals surface area contributed by atoms with Gasteiger partial charge in [0.1, 0.15) is 0 Å². The van der Waals surface area contributed by atoms with Crippen LogP contribution in [-0.2, 0) is 0 Å². The summed E-state index contributed by atoms with van der Waals surface area (Å²) >= 11 is 0. The van der Waals surface area contributed by atoms with Gasteiger partial charge in [-0.25, -0.2) is 0 Å². The van der Waals surface area contributed by atoms with Gasteiger partial charge in [0.05, 0.1) is 0 Å². The van der Waals surface area contributed by atoms with Crippen LogP contribution in [0.1, 0.15) is 19.3 Å². The summed E-state index contributed by atoms with van der Waals surface area (Å²) in [7, 11) is 0. The lowest BCUT2D eigenvalue weighted by atomic mass is 9.76. The minimum Gasteiger partial charge on any atom is -0.366 e. The summed E-state index contributed by atoms with van der Waals surface area (Å²) in [6, 6.07) is 9.48. The highest BCUT2D eigenvalue weighted by molar-refractivity contribution is 5.93. The van der Waals surface area contributed by atoms with Crippen molar-refractivity contribution in [1.82, 2.24) is 4.98 Å². The van der Waals surface area contributed by atoms with E-state index in [2.05, 4.69) is 34.1 Å². The van der Waals surface area contributed by atoms with E-state index in [1.165, 1.54) is 42.3 Å². The SMILES string of the molecule is NC1CC2CCC1N(c1cccc3cnccc13)C2. The molecule has 3 atom stereocenters. The van der Waals surface area contributed by atoms with Gasteiger partial charge in [0.2, 0.25) is 0 Å². The molecule has 1 aromatic heterocycles. The predicted molar refractivity (Wildman–Crippen MR) is 78.2 cm³/mol. The molecule has 0 radical (unpaired) electrons. The van der Waals surface area contributed by atoms with Crippen molar-refractivity contribution in [2.45, 2.75) is 31.3 Å². The Balaban J connectivity index is 1.82. The third-order valence-corrected chi connectivity index (χ3v) is 4.79. The molecule has 3 nitrogen and oxygen atoms in total. The first kappa shape index (κ1) is 11.2. The minimum absolute atomic E-state index is 0.338. The average Bonchev–Trinajstić information content (AvgIpc) is 2.47. The number of rotatable bonds is 1. The lowest BCUT2D eigenvalue weighted by Gasteiger charge is -2.50. The summed E-state index contributed by atoms with van der Waals surface area (Å²) in [5.74, 6) is 0.775. The quantitative estimate of drug-likeness (QED) is 0.849. The summed E-state index contributed by atoms with van der Waals surface area (Å²) in [4.78, 5) is 6.77. The van der Waals surface area contributed by atoms with Crippen LogP contribution in [0.5, 0.6) is 0 Å². The molecule has 19 heavy (non-hydrogen) atoms. The number of nitrogens with zero attached hydrogens (tertiary/aromatic N) is 2. The van der Waals surface area contributed by atoms with Crippen LogP contribution in [0.25, 0.3) is 10.8 Å². The van der Waals surface area contributed by atoms with E-state index in [1.807, 2.05) is 12.4 Å². The number of anilines is 1. The van der Waals surface area contributed by atoms with Crippen LogP contribution in [0.2, 0.25) is 0 Å². The largest absolute Gasteiger partial charge is 0.366 e. The molecule has 0 amide bonds. The molecule has 2 saturated heterocycles. The third-order valence-electron chi connectivity index (χ3n) is 4.79. The van der Waals surface area contributed by atoms with Gasteiger partial charge in [0.25, 0.3) is 0 Å². The van der Waals surface area contributed by atoms with E-state index in [0.29, 0.717) is 12.1 Å². The second kappa shape index (κ2) is 4.20. The Labute approximate surface area is 113 Å². The third kappa shape index (κ3) is 1.72. The summed E-state index contributed by atoms with van der Waals surface area (Å²) in [5.41, 5.74) is 7.68. The van der Waals surface area contributed by atoms with Crippen molar-refractivity contribution in [3.05, 3.63) is 36.7 Å². The molecule has 2 aromatic rings. The van der Waals surface area contributed by atoms with Crippen LogP contribution in [-0.4, -0.2) is 23.6 Å². The predicted octanol–water partition coefficient (Wildman–Crippen LogP) is 2.55. The molecule has 2 bridgehead atoms. The highest BCUT2D eigenvalue weighted by Crippen LogP contribution is 2.39. The molecule has 3 unspecified atom stereocenters. The van der Waals surface area contributed by atoms with Gasteiger partial charge in [-0.2, -0.15) is 0 Å². The van der Waals surface area contributed by atoms with Gasteiger partial charge >= 0.3 is 0 Å². The zero-order chi connectivity index (χ0) is 12.8. The van der Waals surface area contributed by atoms with Crippen molar-refractivity contribution in [2.24, 2.45) is 11.7 Å². The van der Waals surface area contributed by atoms with Gasteiger partial charge in [0.15, 0.2) is 0 Å². The van der Waals surface area contributed by atoms with Crippen LogP contribution in [0.3, 0.4) is 0 Å². The fourth-order valence-electron chi connectivity index (χ4n) is 3.88. The minimum atomic E-state index is 0.338. The monoisotopic (exact) mass is 253 g/mol. The Morgan fingerprint density at radius 1 is 1.21 bits per heavy atom. The van der Waals surface area contributed by atoms with Gasteiger partial charge in [-0.05, 0) is 37.3 Å². The summed E-state index contributed by atoms with van der Waals surface area (Å²) in [5, 5.41) is 2.52. The van der Waals surface area contributed by atoms with E-state index in [0.717, 1.165) is 5.92 Å². The van der Waals surface area contributed by atoms with Gasteiger partial charge in [-0.1, -0.05) is 12.1 Å². The van der Waals surface area contributed by atoms with E-state index < -0.39 is 0 Å². The van der Waals surface area contributed by atoms with Gasteiger partial charge in [-0.15, -0.1) is 0 Å². The Bertz CT molecular complexity index is 604. The highest BCUT2D eigenvalue weighted by atomic mass is 15.2. The Kier molecular flexibility index (Phi) is 2.49. The fraction of sp³-hybridized carbons (Fsp3) is 0.438. The van der Waals surface area contributed by atoms with E-state index in [9.17, 15) is 0 Å².